The van der Waals surface area contributed by atoms with Crippen LogP contribution in [0.2, 0.25) is 0 Å². The Balaban J connectivity index is 1.66. The normalized spacial score (nSPS) is 9.71. The zero-order chi connectivity index (χ0) is 14.9. The first kappa shape index (κ1) is 14.7. The van der Waals surface area contributed by atoms with Gasteiger partial charge in [0.25, 0.3) is 0 Å². The van der Waals surface area contributed by atoms with Gasteiger partial charge in [-0.3, -0.25) is 0 Å². The van der Waals surface area contributed by atoms with Crippen LogP contribution in [0.5, 0.6) is 17.2 Å². The first-order valence-electron chi connectivity index (χ1n) is 6.71. The number of hydrogen-bond donors (Lipinski definition) is 0. The summed E-state index contributed by atoms with van der Waals surface area (Å²) >= 11 is 0. The second-order valence-electron chi connectivity index (χ2n) is 4.36. The number of nitriles is 1. The van der Waals surface area contributed by atoms with Crippen molar-refractivity contribution < 1.29 is 14.2 Å². The minimum atomic E-state index is 0.571. The standard InChI is InChI=1S/C17H17NO3/c1-19-15-7-9-17(10-8-15)21-12-2-11-20-16-5-3-14(13-18)4-6-16/h3-10H,2,11-12H2,1H3. The summed E-state index contributed by atoms with van der Waals surface area (Å²) in [6, 6.07) is 16.6. The number of benzene rings is 2. The minimum absolute atomic E-state index is 0.571. The summed E-state index contributed by atoms with van der Waals surface area (Å²) in [6.07, 6.45) is 0.784. The molecule has 0 saturated carbocycles. The molecule has 0 amide bonds. The van der Waals surface area contributed by atoms with Gasteiger partial charge in [-0.25, -0.2) is 0 Å². The maximum absolute atomic E-state index is 8.70. The molecule has 0 heterocycles. The largest absolute Gasteiger partial charge is 0.497 e. The van der Waals surface area contributed by atoms with Gasteiger partial charge in [-0.05, 0) is 48.5 Å². The Kier molecular flexibility index (Phi) is 5.48. The third kappa shape index (κ3) is 4.73. The van der Waals surface area contributed by atoms with Gasteiger partial charge in [0, 0.05) is 6.42 Å². The van der Waals surface area contributed by atoms with Gasteiger partial charge < -0.3 is 14.2 Å². The van der Waals surface area contributed by atoms with Crippen LogP contribution in [-0.2, 0) is 0 Å². The molecule has 0 aromatic heterocycles. The Labute approximate surface area is 124 Å². The highest BCUT2D eigenvalue weighted by molar-refractivity contribution is 5.34. The van der Waals surface area contributed by atoms with Gasteiger partial charge in [0.05, 0.1) is 32.0 Å². The molecule has 2 rings (SSSR count). The third-order valence-electron chi connectivity index (χ3n) is 2.87. The Morgan fingerprint density at radius 1 is 0.810 bits per heavy atom. The molecule has 0 unspecified atom stereocenters. The molecule has 0 aliphatic rings. The average Bonchev–Trinajstić information content (AvgIpc) is 2.55. The Morgan fingerprint density at radius 2 is 1.29 bits per heavy atom. The van der Waals surface area contributed by atoms with Crippen LogP contribution in [0.15, 0.2) is 48.5 Å². The number of hydrogen-bond acceptors (Lipinski definition) is 4. The highest BCUT2D eigenvalue weighted by atomic mass is 16.5. The van der Waals surface area contributed by atoms with Crippen LogP contribution in [0, 0.1) is 11.3 Å². The maximum Gasteiger partial charge on any atom is 0.119 e. The highest BCUT2D eigenvalue weighted by Crippen LogP contribution is 2.17. The van der Waals surface area contributed by atoms with Crippen molar-refractivity contribution in [1.82, 2.24) is 0 Å². The van der Waals surface area contributed by atoms with Crippen LogP contribution in [0.1, 0.15) is 12.0 Å². The van der Waals surface area contributed by atoms with E-state index in [4.69, 9.17) is 19.5 Å². The average molecular weight is 283 g/mol. The van der Waals surface area contributed by atoms with E-state index in [1.807, 2.05) is 24.3 Å². The van der Waals surface area contributed by atoms with Gasteiger partial charge in [-0.2, -0.15) is 5.26 Å². The molecule has 0 aliphatic heterocycles. The quantitative estimate of drug-likeness (QED) is 0.731. The van der Waals surface area contributed by atoms with Crippen molar-refractivity contribution in [1.29, 1.82) is 5.26 Å². The molecule has 0 fully saturated rings. The molecule has 0 atom stereocenters. The fourth-order valence-corrected chi connectivity index (χ4v) is 1.74. The van der Waals surface area contributed by atoms with Gasteiger partial charge in [-0.1, -0.05) is 0 Å². The van der Waals surface area contributed by atoms with Gasteiger partial charge in [0.2, 0.25) is 0 Å². The van der Waals surface area contributed by atoms with Crippen molar-refractivity contribution in [2.45, 2.75) is 6.42 Å². The lowest BCUT2D eigenvalue weighted by Gasteiger charge is -2.08. The molecule has 0 saturated heterocycles. The zero-order valence-corrected chi connectivity index (χ0v) is 11.9. The lowest BCUT2D eigenvalue weighted by Crippen LogP contribution is -2.04. The SMILES string of the molecule is COc1ccc(OCCCOc2ccc(C#N)cc2)cc1. The van der Waals surface area contributed by atoms with Crippen LogP contribution in [0.3, 0.4) is 0 Å². The van der Waals surface area contributed by atoms with Crippen LogP contribution >= 0.6 is 0 Å². The summed E-state index contributed by atoms with van der Waals surface area (Å²) < 4.78 is 16.3. The van der Waals surface area contributed by atoms with E-state index in [0.29, 0.717) is 18.8 Å². The summed E-state index contributed by atoms with van der Waals surface area (Å²) in [5.74, 6) is 2.39. The second-order valence-corrected chi connectivity index (χ2v) is 4.36. The summed E-state index contributed by atoms with van der Waals surface area (Å²) in [7, 11) is 1.64. The number of methoxy groups -OCH3 is 1. The topological polar surface area (TPSA) is 51.5 Å². The first-order valence-corrected chi connectivity index (χ1v) is 6.71. The van der Waals surface area contributed by atoms with Crippen molar-refractivity contribution in [3.05, 3.63) is 54.1 Å². The lowest BCUT2D eigenvalue weighted by atomic mass is 10.2. The number of nitrogens with zero attached hydrogens (tertiary/aromatic N) is 1. The van der Waals surface area contributed by atoms with E-state index in [0.717, 1.165) is 23.7 Å². The third-order valence-corrected chi connectivity index (χ3v) is 2.87. The molecule has 0 aliphatic carbocycles. The van der Waals surface area contributed by atoms with Crippen LogP contribution in [0.4, 0.5) is 0 Å². The van der Waals surface area contributed by atoms with Gasteiger partial charge in [-0.15, -0.1) is 0 Å². The van der Waals surface area contributed by atoms with Gasteiger partial charge in [0.15, 0.2) is 0 Å². The monoisotopic (exact) mass is 283 g/mol. The maximum atomic E-state index is 8.70. The van der Waals surface area contributed by atoms with E-state index in [1.54, 1.807) is 31.4 Å². The van der Waals surface area contributed by atoms with Crippen LogP contribution < -0.4 is 14.2 Å². The van der Waals surface area contributed by atoms with Crippen LogP contribution in [0.25, 0.3) is 0 Å². The number of ether oxygens (including phenoxy) is 3. The predicted molar refractivity (Wildman–Crippen MR) is 79.8 cm³/mol. The molecule has 4 heteroatoms. The van der Waals surface area contributed by atoms with Crippen molar-refractivity contribution in [3.8, 4) is 23.3 Å². The fraction of sp³-hybridized carbons (Fsp3) is 0.235. The van der Waals surface area contributed by atoms with E-state index in [-0.39, 0.29) is 0 Å². The number of rotatable bonds is 7. The van der Waals surface area contributed by atoms with E-state index < -0.39 is 0 Å². The summed E-state index contributed by atoms with van der Waals surface area (Å²) in [4.78, 5) is 0. The lowest BCUT2D eigenvalue weighted by molar-refractivity contribution is 0.247. The van der Waals surface area contributed by atoms with Gasteiger partial charge in [0.1, 0.15) is 17.2 Å². The predicted octanol–water partition coefficient (Wildman–Crippen LogP) is 3.41. The summed E-state index contributed by atoms with van der Waals surface area (Å²) in [6.45, 7) is 1.16. The molecule has 108 valence electrons. The van der Waals surface area contributed by atoms with Gasteiger partial charge >= 0.3 is 0 Å². The second kappa shape index (κ2) is 7.81. The Bertz CT molecular complexity index is 585. The van der Waals surface area contributed by atoms with Crippen molar-refractivity contribution >= 4 is 0 Å². The van der Waals surface area contributed by atoms with Crippen LogP contribution in [-0.4, -0.2) is 20.3 Å². The van der Waals surface area contributed by atoms with E-state index >= 15 is 0 Å². The first-order chi connectivity index (χ1) is 10.3. The zero-order valence-electron chi connectivity index (χ0n) is 11.9. The Morgan fingerprint density at radius 3 is 1.76 bits per heavy atom. The molecule has 0 spiro atoms. The van der Waals surface area contributed by atoms with Crippen molar-refractivity contribution in [2.24, 2.45) is 0 Å². The molecule has 4 nitrogen and oxygen atoms in total. The molecular weight excluding hydrogens is 266 g/mol. The van der Waals surface area contributed by atoms with E-state index in [2.05, 4.69) is 6.07 Å². The fourth-order valence-electron chi connectivity index (χ4n) is 1.74. The summed E-state index contributed by atoms with van der Waals surface area (Å²) in [5, 5.41) is 8.70. The van der Waals surface area contributed by atoms with Crippen molar-refractivity contribution in [2.75, 3.05) is 20.3 Å². The van der Waals surface area contributed by atoms with Crippen molar-refractivity contribution in [3.63, 3.8) is 0 Å². The molecule has 0 bridgehead atoms. The molecule has 2 aromatic rings. The summed E-state index contributed by atoms with van der Waals surface area (Å²) in [5.41, 5.74) is 0.630. The molecular formula is C17H17NO3. The van der Waals surface area contributed by atoms with E-state index in [9.17, 15) is 0 Å². The molecule has 0 radical (unpaired) electrons. The smallest absolute Gasteiger partial charge is 0.119 e. The minimum Gasteiger partial charge on any atom is -0.497 e. The molecule has 21 heavy (non-hydrogen) atoms. The van der Waals surface area contributed by atoms with E-state index in [1.165, 1.54) is 0 Å². The molecule has 2 aromatic carbocycles. The highest BCUT2D eigenvalue weighted by Gasteiger charge is 1.97. The molecule has 0 N–H and O–H groups in total. The Hall–Kier alpha value is -2.67.